The number of ether oxygens (including phenoxy) is 8. The number of esters is 3. The fourth-order valence-corrected chi connectivity index (χ4v) is 8.59. The summed E-state index contributed by atoms with van der Waals surface area (Å²) in [6, 6.07) is 0. The Morgan fingerprint density at radius 1 is 0.863 bits per heavy atom. The van der Waals surface area contributed by atoms with Crippen molar-refractivity contribution in [2.45, 2.75) is 129 Å². The molecule has 3 aromatic rings. The molecule has 1 amide bonds. The van der Waals surface area contributed by atoms with Crippen LogP contribution in [-0.4, -0.2) is 147 Å². The maximum atomic E-state index is 13.7. The molecule has 0 spiro atoms. The van der Waals surface area contributed by atoms with Crippen molar-refractivity contribution in [2.75, 3.05) is 49.2 Å². The van der Waals surface area contributed by atoms with E-state index in [1.807, 2.05) is 33.8 Å². The van der Waals surface area contributed by atoms with Crippen LogP contribution in [0.15, 0.2) is 62.5 Å². The van der Waals surface area contributed by atoms with Crippen LogP contribution in [0.5, 0.6) is 0 Å². The summed E-state index contributed by atoms with van der Waals surface area (Å²) in [6.45, 7) is 10.4. The maximum absolute atomic E-state index is 13.7. The summed E-state index contributed by atoms with van der Waals surface area (Å²) in [4.78, 5) is 79.2. The quantitative estimate of drug-likeness (QED) is 0.0657. The number of oxazole rings is 3. The second-order valence-corrected chi connectivity index (χ2v) is 18.5. The van der Waals surface area contributed by atoms with Crippen LogP contribution in [0.4, 0.5) is 0 Å². The zero-order valence-corrected chi connectivity index (χ0v) is 44.0. The molecule has 21 nitrogen and oxygen atoms in total. The van der Waals surface area contributed by atoms with Crippen LogP contribution >= 0.6 is 0 Å². The largest absolute Gasteiger partial charge is 0.462 e. The van der Waals surface area contributed by atoms with Crippen molar-refractivity contribution >= 4 is 36.2 Å². The molecule has 0 aromatic carbocycles. The van der Waals surface area contributed by atoms with Gasteiger partial charge in [-0.3, -0.25) is 19.2 Å². The van der Waals surface area contributed by atoms with Crippen LogP contribution in [0.1, 0.15) is 97.8 Å². The summed E-state index contributed by atoms with van der Waals surface area (Å²) in [5, 5.41) is 11.0. The van der Waals surface area contributed by atoms with Crippen molar-refractivity contribution in [2.24, 2.45) is 29.6 Å². The highest BCUT2D eigenvalue weighted by Crippen LogP contribution is 2.33. The molecule has 4 heterocycles. The van der Waals surface area contributed by atoms with E-state index in [2.05, 4.69) is 15.0 Å². The Morgan fingerprint density at radius 3 is 2.21 bits per heavy atom. The number of ketones is 1. The molecule has 0 radical (unpaired) electrons. The summed E-state index contributed by atoms with van der Waals surface area (Å²) in [6.07, 6.45) is 8.87. The van der Waals surface area contributed by atoms with Gasteiger partial charge in [0.1, 0.15) is 48.9 Å². The Balaban J connectivity index is 1.63. The average Bonchev–Trinajstić information content (AvgIpc) is 4.17. The molecular formula is C52H74N4O17. The number of aliphatic hydroxyl groups excluding tert-OH is 1. The number of cyclic esters (lactones) is 1. The van der Waals surface area contributed by atoms with E-state index in [4.69, 9.17) is 51.1 Å². The standard InChI is InChI=1S/C52H74N4O17/c1-30(19-20-42(73-52(62)45(66-11)28-63-8)34(5)48(71-35(6)58)31(2)21-22-56(7)29-57)43(65-10)24-44-33(4)41(64-9)17-14-18-46-53-38(26-68-46)50-55-39(27-70-50)51-54-37(25-69-51)49(67-12)32(3)40(60)16-13-15-36(59)23-47(61)72-44/h13-14,16,18,21-22,25-27,29-34,36,41-45,48-49,59H,15,17,19-20,23-24,28H2,1-12H3/b16-13+,18-14+,22-21+/t30-,31+,32-,33+,34-,36-,41-,42+,43+,44-,45+,48+,49-/m0/s1. The van der Waals surface area contributed by atoms with Gasteiger partial charge in [0.25, 0.3) is 0 Å². The number of carbonyl (C=O) groups excluding carboxylic acids is 5. The topological polar surface area (TPSA) is 261 Å². The third-order valence-corrected chi connectivity index (χ3v) is 13.1. The molecule has 0 fully saturated rings. The Kier molecular flexibility index (Phi) is 24.3. The SMILES string of the molecule is COC[C@@H](OC)C(=O)O[C@H](CC[C@H](C)[C@@H](C[C@@H]1OC(=O)C[C@@H](O)C/C=C/C(=O)[C@H](C)[C@H](OC)c2coc(n2)-c2coc(n2)-c2coc(n2)/C=C/C[C@H](OC)[C@H]1C)OC)[C@H](C)[C@H](OC(C)=O)[C@H](C)/C=C/N(C)C=O. The van der Waals surface area contributed by atoms with Crippen molar-refractivity contribution in [3.05, 3.63) is 60.9 Å². The lowest BCUT2D eigenvalue weighted by Gasteiger charge is -2.35. The number of methoxy groups -OCH3 is 5. The second-order valence-electron chi connectivity index (χ2n) is 18.5. The van der Waals surface area contributed by atoms with Crippen molar-refractivity contribution in [1.29, 1.82) is 0 Å². The second kappa shape index (κ2) is 29.8. The molecule has 21 heteroatoms. The van der Waals surface area contributed by atoms with Gasteiger partial charge in [0.05, 0.1) is 37.3 Å². The first-order valence-corrected chi connectivity index (χ1v) is 24.3. The summed E-state index contributed by atoms with van der Waals surface area (Å²) in [5.74, 6) is -3.99. The van der Waals surface area contributed by atoms with E-state index in [-0.39, 0.29) is 60.9 Å². The summed E-state index contributed by atoms with van der Waals surface area (Å²) in [7, 11) is 8.95. The number of nitrogens with zero attached hydrogens (tertiary/aromatic N) is 4. The van der Waals surface area contributed by atoms with Gasteiger partial charge in [0.15, 0.2) is 23.3 Å². The van der Waals surface area contributed by atoms with E-state index >= 15 is 0 Å². The monoisotopic (exact) mass is 1030 g/mol. The minimum absolute atomic E-state index is 0.0242. The van der Waals surface area contributed by atoms with E-state index in [9.17, 15) is 29.1 Å². The zero-order chi connectivity index (χ0) is 53.8. The number of hydrogen-bond acceptors (Lipinski definition) is 20. The van der Waals surface area contributed by atoms with Crippen molar-refractivity contribution in [1.82, 2.24) is 19.9 Å². The normalized spacial score (nSPS) is 24.1. The summed E-state index contributed by atoms with van der Waals surface area (Å²) >= 11 is 0. The van der Waals surface area contributed by atoms with Gasteiger partial charge in [-0.05, 0) is 43.8 Å². The highest BCUT2D eigenvalue weighted by atomic mass is 16.6. The van der Waals surface area contributed by atoms with Crippen LogP contribution in [0, 0.1) is 29.6 Å². The molecule has 0 saturated heterocycles. The number of aliphatic hydroxyl groups is 1. The van der Waals surface area contributed by atoms with E-state index in [1.54, 1.807) is 46.5 Å². The zero-order valence-electron chi connectivity index (χ0n) is 44.0. The minimum atomic E-state index is -1.19. The van der Waals surface area contributed by atoms with Gasteiger partial charge in [-0.15, -0.1) is 0 Å². The molecule has 1 N–H and O–H groups in total. The van der Waals surface area contributed by atoms with Crippen LogP contribution in [0.3, 0.4) is 0 Å². The molecule has 4 rings (SSSR count). The van der Waals surface area contributed by atoms with E-state index in [1.165, 1.54) is 64.1 Å². The van der Waals surface area contributed by atoms with Gasteiger partial charge >= 0.3 is 17.9 Å². The number of allylic oxidation sites excluding steroid dienone is 1. The Labute approximate surface area is 426 Å². The number of rotatable bonds is 21. The van der Waals surface area contributed by atoms with Gasteiger partial charge in [-0.1, -0.05) is 52.8 Å². The van der Waals surface area contributed by atoms with E-state index in [0.717, 1.165) is 0 Å². The molecule has 1 aliphatic heterocycles. The van der Waals surface area contributed by atoms with Gasteiger partial charge in [-0.2, -0.15) is 0 Å². The first-order valence-electron chi connectivity index (χ1n) is 24.3. The minimum Gasteiger partial charge on any atom is -0.462 e. The first-order chi connectivity index (χ1) is 34.9. The van der Waals surface area contributed by atoms with Crippen LogP contribution < -0.4 is 0 Å². The summed E-state index contributed by atoms with van der Waals surface area (Å²) < 4.78 is 63.6. The third kappa shape index (κ3) is 17.7. The molecule has 13 atom stereocenters. The number of fused-ring (bicyclic) bond motifs is 8. The van der Waals surface area contributed by atoms with E-state index < -0.39 is 90.4 Å². The maximum Gasteiger partial charge on any atom is 0.337 e. The number of carbonyl (C=O) groups is 5. The predicted molar refractivity (Wildman–Crippen MR) is 263 cm³/mol. The molecule has 6 bridgehead atoms. The lowest BCUT2D eigenvalue weighted by molar-refractivity contribution is -0.173. The summed E-state index contributed by atoms with van der Waals surface area (Å²) in [5.41, 5.74) is 0.950. The Morgan fingerprint density at radius 2 is 1.55 bits per heavy atom. The molecule has 1 aliphatic rings. The van der Waals surface area contributed by atoms with Gasteiger partial charge in [0.2, 0.25) is 24.1 Å². The molecule has 0 unspecified atom stereocenters. The van der Waals surface area contributed by atoms with Crippen molar-refractivity contribution < 1.29 is 80.2 Å². The smallest absolute Gasteiger partial charge is 0.337 e. The van der Waals surface area contributed by atoms with Crippen molar-refractivity contribution in [3.8, 4) is 23.2 Å². The average molecular weight is 1030 g/mol. The first kappa shape index (κ1) is 59.7. The lowest BCUT2D eigenvalue weighted by atomic mass is 9.83. The van der Waals surface area contributed by atoms with Gasteiger partial charge < -0.3 is 61.2 Å². The third-order valence-electron chi connectivity index (χ3n) is 13.1. The fraction of sp³-hybridized carbons (Fsp3) is 0.615. The van der Waals surface area contributed by atoms with Crippen LogP contribution in [-0.2, 0) is 61.9 Å². The molecule has 404 valence electrons. The molecule has 0 saturated carbocycles. The number of amides is 1. The molecule has 73 heavy (non-hydrogen) atoms. The van der Waals surface area contributed by atoms with Crippen LogP contribution in [0.25, 0.3) is 29.2 Å². The predicted octanol–water partition coefficient (Wildman–Crippen LogP) is 6.75. The highest BCUT2D eigenvalue weighted by Gasteiger charge is 2.38. The van der Waals surface area contributed by atoms with Crippen LogP contribution in [0.2, 0.25) is 0 Å². The van der Waals surface area contributed by atoms with Gasteiger partial charge in [0, 0.05) is 79.9 Å². The molecule has 0 aliphatic carbocycles. The highest BCUT2D eigenvalue weighted by molar-refractivity contribution is 5.92. The number of hydrogen-bond donors (Lipinski definition) is 1. The molecular weight excluding hydrogens is 953 g/mol. The Bertz CT molecular complexity index is 2290. The van der Waals surface area contributed by atoms with Crippen molar-refractivity contribution in [3.63, 3.8) is 0 Å². The molecule has 3 aromatic heterocycles. The number of aromatic nitrogens is 3. The van der Waals surface area contributed by atoms with Gasteiger partial charge in [-0.25, -0.2) is 19.7 Å². The van der Waals surface area contributed by atoms with E-state index in [0.29, 0.717) is 37.1 Å². The fourth-order valence-electron chi connectivity index (χ4n) is 8.59. The Hall–Kier alpha value is -5.84. The lowest BCUT2D eigenvalue weighted by Crippen LogP contribution is -2.42.